The van der Waals surface area contributed by atoms with Crippen LogP contribution in [-0.2, 0) is 0 Å². The van der Waals surface area contributed by atoms with Crippen molar-refractivity contribution in [2.75, 3.05) is 32.7 Å². The van der Waals surface area contributed by atoms with Crippen LogP contribution in [0.4, 0.5) is 0 Å². The van der Waals surface area contributed by atoms with E-state index >= 15 is 0 Å². The molecule has 0 unspecified atom stereocenters. The van der Waals surface area contributed by atoms with Crippen LogP contribution >= 0.6 is 0 Å². The van der Waals surface area contributed by atoms with Crippen molar-refractivity contribution in [1.29, 1.82) is 0 Å². The highest BCUT2D eigenvalue weighted by Crippen LogP contribution is 2.13. The van der Waals surface area contributed by atoms with Crippen LogP contribution in [0.5, 0.6) is 0 Å². The highest BCUT2D eigenvalue weighted by atomic mass is 15.2. The number of rotatable bonds is 4. The van der Waals surface area contributed by atoms with E-state index in [1.807, 2.05) is 0 Å². The number of nitrogens with zero attached hydrogens (tertiary/aromatic N) is 1. The molecule has 3 heteroatoms. The van der Waals surface area contributed by atoms with Crippen LogP contribution in [0.3, 0.4) is 0 Å². The summed E-state index contributed by atoms with van der Waals surface area (Å²) in [6.45, 7) is 9.96. The standard InChI is InChI=1S/C10H23N3/c1-3-10(11,4-2)9-13-7-5-12-6-8-13/h12H,3-9,11H2,1-2H3. The molecule has 3 nitrogen and oxygen atoms in total. The molecule has 0 radical (unpaired) electrons. The first-order valence-corrected chi connectivity index (χ1v) is 5.42. The molecular formula is C10H23N3. The summed E-state index contributed by atoms with van der Waals surface area (Å²) in [5.74, 6) is 0. The Balaban J connectivity index is 2.35. The lowest BCUT2D eigenvalue weighted by molar-refractivity contribution is 0.180. The van der Waals surface area contributed by atoms with E-state index in [0.29, 0.717) is 0 Å². The van der Waals surface area contributed by atoms with Gasteiger partial charge in [-0.15, -0.1) is 0 Å². The van der Waals surface area contributed by atoms with E-state index in [2.05, 4.69) is 24.1 Å². The Kier molecular flexibility index (Phi) is 4.16. The van der Waals surface area contributed by atoms with Gasteiger partial charge in [0.1, 0.15) is 0 Å². The van der Waals surface area contributed by atoms with Crippen LogP contribution in [0.15, 0.2) is 0 Å². The van der Waals surface area contributed by atoms with Crippen molar-refractivity contribution < 1.29 is 0 Å². The van der Waals surface area contributed by atoms with E-state index in [4.69, 9.17) is 5.73 Å². The van der Waals surface area contributed by atoms with Crippen LogP contribution in [0.1, 0.15) is 26.7 Å². The topological polar surface area (TPSA) is 41.3 Å². The molecule has 0 aromatic heterocycles. The monoisotopic (exact) mass is 185 g/mol. The van der Waals surface area contributed by atoms with Gasteiger partial charge < -0.3 is 11.1 Å². The molecule has 1 fully saturated rings. The Hall–Kier alpha value is -0.120. The van der Waals surface area contributed by atoms with Gasteiger partial charge in [-0.25, -0.2) is 0 Å². The van der Waals surface area contributed by atoms with Crippen molar-refractivity contribution in [2.24, 2.45) is 5.73 Å². The third-order valence-electron chi connectivity index (χ3n) is 3.16. The highest BCUT2D eigenvalue weighted by Gasteiger charge is 2.24. The number of hydrogen-bond acceptors (Lipinski definition) is 3. The average molecular weight is 185 g/mol. The van der Waals surface area contributed by atoms with Crippen molar-refractivity contribution >= 4 is 0 Å². The zero-order valence-electron chi connectivity index (χ0n) is 8.97. The second-order valence-electron chi connectivity index (χ2n) is 4.10. The third kappa shape index (κ3) is 3.25. The van der Waals surface area contributed by atoms with Crippen LogP contribution < -0.4 is 11.1 Å². The predicted octanol–water partition coefficient (Wildman–Crippen LogP) is 0.409. The van der Waals surface area contributed by atoms with Crippen LogP contribution in [0.2, 0.25) is 0 Å². The fourth-order valence-corrected chi connectivity index (χ4v) is 1.79. The fraction of sp³-hybridized carbons (Fsp3) is 1.00. The van der Waals surface area contributed by atoms with Crippen LogP contribution in [0.25, 0.3) is 0 Å². The SMILES string of the molecule is CCC(N)(CC)CN1CCNCC1. The summed E-state index contributed by atoms with van der Waals surface area (Å²) >= 11 is 0. The van der Waals surface area contributed by atoms with Gasteiger partial charge in [0.15, 0.2) is 0 Å². The van der Waals surface area contributed by atoms with Crippen LogP contribution in [0, 0.1) is 0 Å². The summed E-state index contributed by atoms with van der Waals surface area (Å²) < 4.78 is 0. The predicted molar refractivity (Wildman–Crippen MR) is 56.8 cm³/mol. The lowest BCUT2D eigenvalue weighted by atomic mass is 9.93. The zero-order chi connectivity index (χ0) is 9.73. The van der Waals surface area contributed by atoms with Gasteiger partial charge >= 0.3 is 0 Å². The van der Waals surface area contributed by atoms with Crippen molar-refractivity contribution in [3.05, 3.63) is 0 Å². The molecular weight excluding hydrogens is 162 g/mol. The number of hydrogen-bond donors (Lipinski definition) is 2. The Bertz CT molecular complexity index is 137. The van der Waals surface area contributed by atoms with Gasteiger partial charge in [-0.2, -0.15) is 0 Å². The smallest absolute Gasteiger partial charge is 0.0278 e. The first-order chi connectivity index (χ1) is 6.20. The summed E-state index contributed by atoms with van der Waals surface area (Å²) in [6, 6.07) is 0. The Morgan fingerprint density at radius 1 is 1.23 bits per heavy atom. The minimum Gasteiger partial charge on any atom is -0.324 e. The maximum Gasteiger partial charge on any atom is 0.0278 e. The number of nitrogens with one attached hydrogen (secondary N) is 1. The summed E-state index contributed by atoms with van der Waals surface area (Å²) in [5.41, 5.74) is 6.30. The molecule has 1 heterocycles. The molecule has 1 saturated heterocycles. The van der Waals surface area contributed by atoms with Crippen molar-refractivity contribution in [3.63, 3.8) is 0 Å². The van der Waals surface area contributed by atoms with E-state index in [1.165, 1.54) is 0 Å². The van der Waals surface area contributed by atoms with Gasteiger partial charge in [-0.05, 0) is 12.8 Å². The first kappa shape index (κ1) is 11.0. The second-order valence-corrected chi connectivity index (χ2v) is 4.10. The van der Waals surface area contributed by atoms with Crippen molar-refractivity contribution in [2.45, 2.75) is 32.2 Å². The van der Waals surface area contributed by atoms with Crippen molar-refractivity contribution in [3.8, 4) is 0 Å². The Morgan fingerprint density at radius 3 is 2.23 bits per heavy atom. The molecule has 0 saturated carbocycles. The molecule has 78 valence electrons. The molecule has 1 rings (SSSR count). The molecule has 0 bridgehead atoms. The lowest BCUT2D eigenvalue weighted by Gasteiger charge is -2.36. The first-order valence-electron chi connectivity index (χ1n) is 5.42. The minimum absolute atomic E-state index is 0.0390. The Labute approximate surface area is 81.7 Å². The van der Waals surface area contributed by atoms with Gasteiger partial charge in [-0.3, -0.25) is 4.90 Å². The normalized spacial score (nSPS) is 20.5. The zero-order valence-corrected chi connectivity index (χ0v) is 8.97. The molecule has 3 N–H and O–H groups in total. The quantitative estimate of drug-likeness (QED) is 0.666. The van der Waals surface area contributed by atoms with Gasteiger partial charge in [0.05, 0.1) is 0 Å². The van der Waals surface area contributed by atoms with Crippen molar-refractivity contribution in [1.82, 2.24) is 10.2 Å². The fourth-order valence-electron chi connectivity index (χ4n) is 1.79. The summed E-state index contributed by atoms with van der Waals surface area (Å²) in [7, 11) is 0. The summed E-state index contributed by atoms with van der Waals surface area (Å²) in [5, 5.41) is 3.35. The van der Waals surface area contributed by atoms with Gasteiger partial charge in [0.2, 0.25) is 0 Å². The largest absolute Gasteiger partial charge is 0.324 e. The average Bonchev–Trinajstić information content (AvgIpc) is 2.19. The van der Waals surface area contributed by atoms with E-state index in [0.717, 1.165) is 45.6 Å². The van der Waals surface area contributed by atoms with E-state index in [1.54, 1.807) is 0 Å². The Morgan fingerprint density at radius 2 is 1.77 bits per heavy atom. The molecule has 0 aliphatic carbocycles. The second kappa shape index (κ2) is 4.94. The maximum atomic E-state index is 6.27. The maximum absolute atomic E-state index is 6.27. The molecule has 0 spiro atoms. The molecule has 0 atom stereocenters. The molecule has 13 heavy (non-hydrogen) atoms. The van der Waals surface area contributed by atoms with E-state index in [9.17, 15) is 0 Å². The molecule has 0 aromatic carbocycles. The van der Waals surface area contributed by atoms with Gasteiger partial charge in [-0.1, -0.05) is 13.8 Å². The van der Waals surface area contributed by atoms with Gasteiger partial charge in [0.25, 0.3) is 0 Å². The third-order valence-corrected chi connectivity index (χ3v) is 3.16. The summed E-state index contributed by atoms with van der Waals surface area (Å²) in [4.78, 5) is 2.48. The van der Waals surface area contributed by atoms with Crippen LogP contribution in [-0.4, -0.2) is 43.2 Å². The molecule has 1 aliphatic heterocycles. The van der Waals surface area contributed by atoms with E-state index < -0.39 is 0 Å². The lowest BCUT2D eigenvalue weighted by Crippen LogP contribution is -2.54. The number of piperazine rings is 1. The minimum atomic E-state index is 0.0390. The molecule has 0 aromatic rings. The molecule has 0 amide bonds. The number of nitrogens with two attached hydrogens (primary N) is 1. The highest BCUT2D eigenvalue weighted by molar-refractivity contribution is 4.86. The summed E-state index contributed by atoms with van der Waals surface area (Å²) in [6.07, 6.45) is 2.15. The van der Waals surface area contributed by atoms with E-state index in [-0.39, 0.29) is 5.54 Å². The van der Waals surface area contributed by atoms with Gasteiger partial charge in [0, 0.05) is 38.3 Å². The molecule has 1 aliphatic rings.